The second-order valence-corrected chi connectivity index (χ2v) is 32.8. The van der Waals surface area contributed by atoms with Crippen molar-refractivity contribution in [2.45, 2.75) is 45.6 Å². The minimum atomic E-state index is -1.21. The van der Waals surface area contributed by atoms with Crippen molar-refractivity contribution in [1.82, 2.24) is 0 Å². The molecule has 0 radical (unpaired) electrons. The molecule has 0 N–H and O–H groups in total. The molecule has 2 heterocycles. The van der Waals surface area contributed by atoms with E-state index in [0.29, 0.717) is 12.5 Å². The standard InChI is InChI=1S/C40H34P2.C24H24NOP.C22H18NO2P/c1-5-13-35(14-6-1)41(36-15-7-2-8-16-36)39-29-31-21-25-33(39)27-23-32-22-26-34(28-24-31)40(30-32)42(37-17-9-3-10-18-37)38-19-11-4-12-20-38;1-18(2)22-17-26-24(25-22)21-15-9-10-16-23(21)27(19-11-5-3-6-12-19)20-13-7-4-8-14-20;1-23(2)26-24-19-13-11-15-7-3-5-9-17(15)21(19)22-18-10-6-4-8-16(18)12-14-20(22)25-26/h1-22,25-26,29-30H,23-24,27-28H2;3-16,18,22H,17H2,1-2H3;3-14H,1-2H3. The highest BCUT2D eigenvalue weighted by Crippen LogP contribution is 2.43. The highest BCUT2D eigenvalue weighted by atomic mass is 31.1. The molecule has 9 heteroatoms. The van der Waals surface area contributed by atoms with Crippen molar-refractivity contribution in [1.29, 1.82) is 0 Å². The zero-order valence-electron chi connectivity index (χ0n) is 54.1. The zero-order chi connectivity index (χ0) is 64.5. The normalized spacial score (nSPS) is 13.6. The molecule has 95 heavy (non-hydrogen) atoms. The lowest BCUT2D eigenvalue weighted by molar-refractivity contribution is 0.292. The van der Waals surface area contributed by atoms with Gasteiger partial charge in [0.15, 0.2) is 0 Å². The van der Waals surface area contributed by atoms with Crippen LogP contribution in [-0.2, 0) is 30.4 Å². The van der Waals surface area contributed by atoms with Gasteiger partial charge in [0.2, 0.25) is 5.90 Å². The van der Waals surface area contributed by atoms with Crippen molar-refractivity contribution in [3.05, 3.63) is 343 Å². The highest BCUT2D eigenvalue weighted by Gasteiger charge is 2.29. The van der Waals surface area contributed by atoms with E-state index < -0.39 is 31.9 Å². The average molecular weight is 1310 g/mol. The molecular weight excluding hydrogens is 1230 g/mol. The smallest absolute Gasteiger partial charge is 0.309 e. The number of ether oxygens (including phenoxy) is 1. The summed E-state index contributed by atoms with van der Waals surface area (Å²) in [7, 11) is 0.828. The van der Waals surface area contributed by atoms with Gasteiger partial charge < -0.3 is 13.1 Å². The van der Waals surface area contributed by atoms with E-state index in [1.165, 1.54) is 91.5 Å². The lowest BCUT2D eigenvalue weighted by Gasteiger charge is -2.26. The first-order valence-electron chi connectivity index (χ1n) is 32.9. The maximum atomic E-state index is 6.33. The SMILES string of the molecule is CC(C)C1COC(c2ccccc2P(c2ccccc2)c2ccccc2)=N1.CN(C)p1oc2ccc3ccccc3c2c2c(ccc3ccccc32)o1.c1ccc(P(c2ccccc2)c2cc3ccc2CCc2ccc(c(P(c4ccccc4)c4ccccc4)c2)CC3)cc1. The van der Waals surface area contributed by atoms with Gasteiger partial charge in [-0.1, -0.05) is 311 Å². The van der Waals surface area contributed by atoms with Crippen molar-refractivity contribution in [3.63, 3.8) is 0 Å². The minimum Gasteiger partial charge on any atom is -0.475 e. The summed E-state index contributed by atoms with van der Waals surface area (Å²) < 4.78 is 20.7. The van der Waals surface area contributed by atoms with Crippen LogP contribution in [0.25, 0.3) is 43.5 Å². The molecule has 1 aromatic heterocycles. The molecule has 19 rings (SSSR count). The monoisotopic (exact) mass is 1310 g/mol. The van der Waals surface area contributed by atoms with E-state index in [-0.39, 0.29) is 6.04 Å². The summed E-state index contributed by atoms with van der Waals surface area (Å²) in [6.45, 7) is 5.08. The van der Waals surface area contributed by atoms with Crippen molar-refractivity contribution in [2.75, 3.05) is 25.4 Å². The Morgan fingerprint density at radius 1 is 0.379 bits per heavy atom. The number of rotatable bonds is 12. The molecular formula is C86H76N2O3P4. The third-order valence-corrected chi connectivity index (χ3v) is 26.7. The van der Waals surface area contributed by atoms with E-state index in [1.807, 2.05) is 18.8 Å². The third-order valence-electron chi connectivity index (χ3n) is 17.8. The van der Waals surface area contributed by atoms with Crippen LogP contribution in [0.5, 0.6) is 0 Å². The summed E-state index contributed by atoms with van der Waals surface area (Å²) in [5, 5.41) is 19.7. The molecule has 14 aromatic rings. The number of fused-ring (bicyclic) bond motifs is 7. The van der Waals surface area contributed by atoms with Gasteiger partial charge in [-0.25, -0.2) is 9.66 Å². The molecule has 0 spiro atoms. The number of aryl methyl sites for hydroxylation is 4. The molecule has 1 atom stereocenters. The number of nitrogens with zero attached hydrogens (tertiary/aromatic N) is 2. The molecule has 1 aliphatic heterocycles. The van der Waals surface area contributed by atoms with Crippen molar-refractivity contribution in [2.24, 2.45) is 10.9 Å². The summed E-state index contributed by atoms with van der Waals surface area (Å²) in [6, 6.07) is 115. The van der Waals surface area contributed by atoms with E-state index in [9.17, 15) is 0 Å². The molecule has 0 saturated heterocycles. The number of hydrogen-bond donors (Lipinski definition) is 0. The van der Waals surface area contributed by atoms with Gasteiger partial charge in [-0.2, -0.15) is 0 Å². The Morgan fingerprint density at radius 3 is 1.12 bits per heavy atom. The topological polar surface area (TPSA) is 51.1 Å². The van der Waals surface area contributed by atoms with Crippen LogP contribution in [0.3, 0.4) is 0 Å². The maximum Gasteiger partial charge on any atom is 0.309 e. The summed E-state index contributed by atoms with van der Waals surface area (Å²) >= 11 is 0. The Kier molecular flexibility index (Phi) is 19.8. The van der Waals surface area contributed by atoms with Crippen molar-refractivity contribution >= 4 is 129 Å². The van der Waals surface area contributed by atoms with E-state index >= 15 is 0 Å². The molecule has 0 amide bonds. The van der Waals surface area contributed by atoms with Gasteiger partial charge in [0, 0.05) is 30.4 Å². The van der Waals surface area contributed by atoms with E-state index in [1.54, 1.807) is 0 Å². The molecule has 1 unspecified atom stereocenters. The van der Waals surface area contributed by atoms with Crippen LogP contribution in [0.4, 0.5) is 0 Å². The minimum absolute atomic E-state index is 0.243. The van der Waals surface area contributed by atoms with E-state index in [4.69, 9.17) is 18.1 Å². The lowest BCUT2D eigenvalue weighted by atomic mass is 9.96. The van der Waals surface area contributed by atoms with Gasteiger partial charge in [-0.3, -0.25) is 0 Å². The van der Waals surface area contributed by atoms with Gasteiger partial charge in [0.05, 0.1) is 6.04 Å². The van der Waals surface area contributed by atoms with Crippen molar-refractivity contribution < 1.29 is 13.1 Å². The van der Waals surface area contributed by atoms with Gasteiger partial charge in [0.25, 0.3) is 0 Å². The van der Waals surface area contributed by atoms with Gasteiger partial charge in [-0.05, 0) is 165 Å². The fraction of sp³-hybridized carbons (Fsp3) is 0.128. The first kappa shape index (κ1) is 63.4. The number of aliphatic imine (C=N–C) groups is 1. The molecule has 4 aliphatic carbocycles. The Bertz CT molecular complexity index is 4640. The average Bonchev–Trinajstić information content (AvgIpc) is 1.76. The van der Waals surface area contributed by atoms with Crippen molar-refractivity contribution in [3.8, 4) is 0 Å². The Balaban J connectivity index is 0.000000128. The predicted molar refractivity (Wildman–Crippen MR) is 413 cm³/mol. The highest BCUT2D eigenvalue weighted by molar-refractivity contribution is 7.80. The van der Waals surface area contributed by atoms with Gasteiger partial charge >= 0.3 is 8.16 Å². The first-order chi connectivity index (χ1) is 46.8. The number of benzene rings is 13. The molecule has 5 aliphatic rings. The number of hydrogen-bond acceptors (Lipinski definition) is 5. The second kappa shape index (κ2) is 29.7. The van der Waals surface area contributed by atoms with Gasteiger partial charge in [-0.15, -0.1) is 0 Å². The lowest BCUT2D eigenvalue weighted by Crippen LogP contribution is -2.26. The largest absolute Gasteiger partial charge is 0.475 e. The fourth-order valence-electron chi connectivity index (χ4n) is 12.9. The second-order valence-electron chi connectivity index (χ2n) is 24.6. The quantitative estimate of drug-likeness (QED) is 0.114. The Hall–Kier alpha value is -9.00. The molecule has 468 valence electrons. The van der Waals surface area contributed by atoms with Gasteiger partial charge in [0.1, 0.15) is 17.8 Å². The van der Waals surface area contributed by atoms with Crippen LogP contribution >= 0.6 is 31.9 Å². The molecule has 0 saturated carbocycles. The van der Waals surface area contributed by atoms with Crippen LogP contribution < -0.4 is 52.4 Å². The Morgan fingerprint density at radius 2 is 0.737 bits per heavy atom. The van der Waals surface area contributed by atoms with E-state index in [2.05, 4.69) is 329 Å². The van der Waals surface area contributed by atoms with Crippen LogP contribution in [-0.4, -0.2) is 32.6 Å². The van der Waals surface area contributed by atoms with E-state index in [0.717, 1.165) is 59.1 Å². The summed E-state index contributed by atoms with van der Waals surface area (Å²) in [5.74, 6) is 1.28. The molecule has 13 aromatic carbocycles. The molecule has 5 nitrogen and oxygen atoms in total. The molecule has 4 bridgehead atoms. The Labute approximate surface area is 563 Å². The third kappa shape index (κ3) is 14.2. The summed E-state index contributed by atoms with van der Waals surface area (Å²) in [5.41, 5.74) is 8.71. The zero-order valence-corrected chi connectivity index (χ0v) is 57.7. The van der Waals surface area contributed by atoms with Crippen LogP contribution in [0.15, 0.2) is 329 Å². The van der Waals surface area contributed by atoms with Crippen LogP contribution in [0.2, 0.25) is 0 Å². The molecule has 0 fully saturated rings. The van der Waals surface area contributed by atoms with Crippen LogP contribution in [0.1, 0.15) is 41.7 Å². The first-order valence-corrected chi connectivity index (χ1v) is 38.1. The summed E-state index contributed by atoms with van der Waals surface area (Å²) in [4.78, 5) is 4.89. The van der Waals surface area contributed by atoms with Crippen LogP contribution in [0, 0.1) is 5.92 Å². The maximum absolute atomic E-state index is 6.33. The summed E-state index contributed by atoms with van der Waals surface area (Å²) in [6.07, 6.45) is 4.17. The predicted octanol–water partition coefficient (Wildman–Crippen LogP) is 18.1. The fourth-order valence-corrected chi connectivity index (χ4v) is 21.5.